The first-order chi connectivity index (χ1) is 11.1. The number of carboxylic acids is 5. The van der Waals surface area contributed by atoms with Gasteiger partial charge in [0.1, 0.15) is 0 Å². The summed E-state index contributed by atoms with van der Waals surface area (Å²) in [7, 11) is 0. The average Bonchev–Trinajstić information content (AvgIpc) is 2.36. The molecule has 0 saturated carbocycles. The summed E-state index contributed by atoms with van der Waals surface area (Å²) in [6, 6.07) is 0. The van der Waals surface area contributed by atoms with Crippen LogP contribution in [0.5, 0.6) is 0 Å². The molecule has 152 valence electrons. The normalized spacial score (nSPS) is 6.68. The summed E-state index contributed by atoms with van der Waals surface area (Å²) in [5.74, 6) is -4.08. The van der Waals surface area contributed by atoms with E-state index < -0.39 is 29.8 Å². The Labute approximate surface area is 146 Å². The zero-order valence-electron chi connectivity index (χ0n) is 15.1. The smallest absolute Gasteiger partial charge is 0.303 e. The standard InChI is InChI=1S/C3H6O2.C2H8N2.4C2H4O2/c1-2-3(4)5;3-1-2-4;4*1-2(3)4/h2H2,1H3,(H,4,5);1-4H2;4*1H3,(H,3,4). The largest absolute Gasteiger partial charge is 0.481 e. The molecule has 25 heavy (non-hydrogen) atoms. The lowest BCUT2D eigenvalue weighted by Gasteiger charge is -1.72. The van der Waals surface area contributed by atoms with E-state index in [0.29, 0.717) is 13.1 Å². The Balaban J connectivity index is -0.0000000434. The van der Waals surface area contributed by atoms with E-state index >= 15 is 0 Å². The van der Waals surface area contributed by atoms with Gasteiger partial charge in [0.15, 0.2) is 0 Å². The Morgan fingerprint density at radius 2 is 0.680 bits per heavy atom. The molecule has 0 aliphatic heterocycles. The summed E-state index contributed by atoms with van der Waals surface area (Å²) in [5, 5.41) is 37.4. The first-order valence-corrected chi connectivity index (χ1v) is 6.52. The molecule has 0 fully saturated rings. The van der Waals surface area contributed by atoms with E-state index in [0.717, 1.165) is 27.7 Å². The van der Waals surface area contributed by atoms with Crippen LogP contribution < -0.4 is 11.5 Å². The van der Waals surface area contributed by atoms with Crippen molar-refractivity contribution in [2.75, 3.05) is 13.1 Å². The fraction of sp³-hybridized carbons (Fsp3) is 0.615. The number of nitrogens with two attached hydrogens (primary N) is 2. The van der Waals surface area contributed by atoms with Crippen LogP contribution in [-0.4, -0.2) is 68.5 Å². The van der Waals surface area contributed by atoms with Crippen molar-refractivity contribution in [3.63, 3.8) is 0 Å². The van der Waals surface area contributed by atoms with Crippen molar-refractivity contribution >= 4 is 29.8 Å². The molecule has 9 N–H and O–H groups in total. The third kappa shape index (κ3) is 108000. The highest BCUT2D eigenvalue weighted by Gasteiger charge is 1.80. The van der Waals surface area contributed by atoms with E-state index in [1.165, 1.54) is 0 Å². The molecule has 0 radical (unpaired) electrons. The highest BCUT2D eigenvalue weighted by molar-refractivity contribution is 5.66. The fourth-order valence-electron chi connectivity index (χ4n) is 0. The Morgan fingerprint density at radius 3 is 0.680 bits per heavy atom. The zero-order valence-corrected chi connectivity index (χ0v) is 15.1. The van der Waals surface area contributed by atoms with Gasteiger partial charge in [0.25, 0.3) is 23.9 Å². The molecule has 0 spiro atoms. The predicted octanol–water partition coefficient (Wildman–Crippen LogP) is -0.252. The van der Waals surface area contributed by atoms with Crippen molar-refractivity contribution in [2.45, 2.75) is 41.0 Å². The first-order valence-electron chi connectivity index (χ1n) is 6.52. The van der Waals surface area contributed by atoms with Crippen molar-refractivity contribution in [3.05, 3.63) is 0 Å². The van der Waals surface area contributed by atoms with Gasteiger partial charge in [0.05, 0.1) is 0 Å². The topological polar surface area (TPSA) is 239 Å². The molecule has 0 atom stereocenters. The maximum Gasteiger partial charge on any atom is 0.303 e. The zero-order chi connectivity index (χ0) is 22.0. The van der Waals surface area contributed by atoms with Crippen LogP contribution in [0.1, 0.15) is 41.0 Å². The van der Waals surface area contributed by atoms with Crippen molar-refractivity contribution in [3.8, 4) is 0 Å². The van der Waals surface area contributed by atoms with Gasteiger partial charge in [0.2, 0.25) is 0 Å². The van der Waals surface area contributed by atoms with E-state index in [9.17, 15) is 4.79 Å². The minimum absolute atomic E-state index is 0.222. The molecule has 12 heteroatoms. The molecule has 0 aliphatic rings. The molecule has 0 bridgehead atoms. The molecule has 0 heterocycles. The molecular formula is C13H30N2O10. The van der Waals surface area contributed by atoms with Crippen molar-refractivity contribution in [1.29, 1.82) is 0 Å². The minimum atomic E-state index is -0.833. The van der Waals surface area contributed by atoms with Crippen molar-refractivity contribution in [2.24, 2.45) is 11.5 Å². The Bertz CT molecular complexity index is 280. The van der Waals surface area contributed by atoms with Crippen LogP contribution >= 0.6 is 0 Å². The third-order valence-electron chi connectivity index (χ3n) is 0.469. The summed E-state index contributed by atoms with van der Waals surface area (Å²) in [6.45, 7) is 7.13. The number of carboxylic acid groups (broad SMARTS) is 5. The predicted molar refractivity (Wildman–Crippen MR) is 89.3 cm³/mol. The second-order valence-electron chi connectivity index (χ2n) is 3.40. The minimum Gasteiger partial charge on any atom is -0.481 e. The van der Waals surface area contributed by atoms with Gasteiger partial charge in [0, 0.05) is 47.2 Å². The molecule has 12 nitrogen and oxygen atoms in total. The van der Waals surface area contributed by atoms with Gasteiger partial charge in [-0.3, -0.25) is 24.0 Å². The summed E-state index contributed by atoms with van der Waals surface area (Å²) < 4.78 is 0. The van der Waals surface area contributed by atoms with E-state index in [2.05, 4.69) is 0 Å². The van der Waals surface area contributed by atoms with E-state index in [1.807, 2.05) is 0 Å². The lowest BCUT2D eigenvalue weighted by Crippen LogP contribution is -2.11. The highest BCUT2D eigenvalue weighted by atomic mass is 16.4. The monoisotopic (exact) mass is 374 g/mol. The molecule has 0 unspecified atom stereocenters. The lowest BCUT2D eigenvalue weighted by molar-refractivity contribution is -0.137. The number of carbonyl (C=O) groups is 5. The quantitative estimate of drug-likeness (QED) is 0.331. The van der Waals surface area contributed by atoms with Crippen LogP contribution in [0.15, 0.2) is 0 Å². The van der Waals surface area contributed by atoms with Crippen molar-refractivity contribution in [1.82, 2.24) is 0 Å². The Hall–Kier alpha value is -2.73. The van der Waals surface area contributed by atoms with E-state index in [-0.39, 0.29) is 6.42 Å². The number of hydrogen-bond acceptors (Lipinski definition) is 7. The van der Waals surface area contributed by atoms with Crippen LogP contribution in [0.4, 0.5) is 0 Å². The second kappa shape index (κ2) is 37.5. The molecule has 0 aromatic rings. The first kappa shape index (κ1) is 38.1. The van der Waals surface area contributed by atoms with Gasteiger partial charge in [-0.2, -0.15) is 0 Å². The third-order valence-corrected chi connectivity index (χ3v) is 0.469. The maximum atomic E-state index is 9.37. The molecule has 0 aliphatic carbocycles. The molecule has 0 rings (SSSR count). The van der Waals surface area contributed by atoms with Gasteiger partial charge >= 0.3 is 5.97 Å². The SMILES string of the molecule is CC(=O)O.CC(=O)O.CC(=O)O.CC(=O)O.CCC(=O)O.NCCN. The Kier molecular flexibility index (Phi) is 57.1. The maximum absolute atomic E-state index is 9.37. The van der Waals surface area contributed by atoms with Crippen LogP contribution in [0, 0.1) is 0 Å². The molecule has 0 saturated heterocycles. The van der Waals surface area contributed by atoms with Gasteiger partial charge in [-0.15, -0.1) is 0 Å². The van der Waals surface area contributed by atoms with Gasteiger partial charge in [-0.1, -0.05) is 6.92 Å². The summed E-state index contributed by atoms with van der Waals surface area (Å²) in [4.78, 5) is 45.4. The molecule has 0 aromatic heterocycles. The second-order valence-corrected chi connectivity index (χ2v) is 3.40. The lowest BCUT2D eigenvalue weighted by atomic mass is 10.5. The summed E-state index contributed by atoms with van der Waals surface area (Å²) >= 11 is 0. The van der Waals surface area contributed by atoms with Gasteiger partial charge in [-0.05, 0) is 0 Å². The highest BCUT2D eigenvalue weighted by Crippen LogP contribution is 1.67. The molecule has 0 amide bonds. The summed E-state index contributed by atoms with van der Waals surface area (Å²) in [5.41, 5.74) is 9.81. The van der Waals surface area contributed by atoms with Crippen LogP contribution in [-0.2, 0) is 24.0 Å². The van der Waals surface area contributed by atoms with Crippen LogP contribution in [0.3, 0.4) is 0 Å². The van der Waals surface area contributed by atoms with Crippen LogP contribution in [0.25, 0.3) is 0 Å². The summed E-state index contributed by atoms with van der Waals surface area (Å²) in [6.07, 6.45) is 0.222. The van der Waals surface area contributed by atoms with E-state index in [1.54, 1.807) is 6.92 Å². The fourth-order valence-corrected chi connectivity index (χ4v) is 0. The molecule has 0 aromatic carbocycles. The van der Waals surface area contributed by atoms with E-state index in [4.69, 9.17) is 56.2 Å². The van der Waals surface area contributed by atoms with Gasteiger partial charge in [-0.25, -0.2) is 0 Å². The average molecular weight is 374 g/mol. The Morgan fingerprint density at radius 1 is 0.600 bits per heavy atom. The number of aliphatic carboxylic acids is 5. The molecular weight excluding hydrogens is 344 g/mol. The number of hydrogen-bond donors (Lipinski definition) is 7. The van der Waals surface area contributed by atoms with Crippen LogP contribution in [0.2, 0.25) is 0 Å². The van der Waals surface area contributed by atoms with Gasteiger partial charge < -0.3 is 37.0 Å². The number of rotatable bonds is 2. The van der Waals surface area contributed by atoms with Crippen molar-refractivity contribution < 1.29 is 49.5 Å².